The number of halogens is 4. The molecule has 0 amide bonds. The summed E-state index contributed by atoms with van der Waals surface area (Å²) in [5, 5.41) is 2.70. The van der Waals surface area contributed by atoms with Crippen LogP contribution in [0.5, 0.6) is 0 Å². The van der Waals surface area contributed by atoms with Crippen LogP contribution in [0.3, 0.4) is 0 Å². The highest BCUT2D eigenvalue weighted by molar-refractivity contribution is 6.31. The van der Waals surface area contributed by atoms with Crippen LogP contribution < -0.4 is 11.1 Å². The number of hydrogen-bond acceptors (Lipinski definition) is 3. The van der Waals surface area contributed by atoms with Gasteiger partial charge in [-0.05, 0) is 37.6 Å². The smallest absolute Gasteiger partial charge is 0.383 e. The summed E-state index contributed by atoms with van der Waals surface area (Å²) < 4.78 is 43.3. The Hall–Kier alpha value is -0.980. The third-order valence-corrected chi connectivity index (χ3v) is 3.10. The molecule has 114 valence electrons. The van der Waals surface area contributed by atoms with Crippen molar-refractivity contribution in [2.75, 3.05) is 25.6 Å². The number of nitrogens with two attached hydrogens (primary N) is 1. The van der Waals surface area contributed by atoms with Crippen molar-refractivity contribution >= 4 is 17.3 Å². The van der Waals surface area contributed by atoms with Crippen molar-refractivity contribution in [1.29, 1.82) is 0 Å². The number of ether oxygens (including phenoxy) is 1. The Kier molecular flexibility index (Phi) is 6.58. The normalized spacial score (nSPS) is 13.3. The van der Waals surface area contributed by atoms with Gasteiger partial charge in [0.05, 0.1) is 17.2 Å². The lowest BCUT2D eigenvalue weighted by molar-refractivity contribution is -0.137. The minimum atomic E-state index is -4.47. The van der Waals surface area contributed by atoms with Crippen LogP contribution in [-0.2, 0) is 10.9 Å². The summed E-state index contributed by atoms with van der Waals surface area (Å²) in [6, 6.07) is 3.67. The van der Waals surface area contributed by atoms with Gasteiger partial charge in [-0.3, -0.25) is 0 Å². The molecule has 0 aromatic heterocycles. The van der Waals surface area contributed by atoms with Gasteiger partial charge in [-0.25, -0.2) is 0 Å². The van der Waals surface area contributed by atoms with Gasteiger partial charge >= 0.3 is 6.18 Å². The van der Waals surface area contributed by atoms with Crippen molar-refractivity contribution in [3.05, 3.63) is 28.8 Å². The van der Waals surface area contributed by atoms with Gasteiger partial charge in [-0.15, -0.1) is 0 Å². The van der Waals surface area contributed by atoms with Crippen LogP contribution in [0.2, 0.25) is 5.02 Å². The molecule has 1 aromatic carbocycles. The first kappa shape index (κ1) is 17.1. The van der Waals surface area contributed by atoms with E-state index in [1.807, 2.05) is 0 Å². The molecule has 0 aliphatic rings. The summed E-state index contributed by atoms with van der Waals surface area (Å²) >= 11 is 5.57. The van der Waals surface area contributed by atoms with Crippen LogP contribution in [0, 0.1) is 0 Å². The van der Waals surface area contributed by atoms with E-state index < -0.39 is 11.7 Å². The Balaban J connectivity index is 2.85. The summed E-state index contributed by atoms with van der Waals surface area (Å²) in [4.78, 5) is 0. The molecule has 1 atom stereocenters. The molecule has 3 N–H and O–H groups in total. The fraction of sp³-hybridized carbons (Fsp3) is 0.538. The molecule has 0 saturated heterocycles. The average Bonchev–Trinajstić information content (AvgIpc) is 2.37. The van der Waals surface area contributed by atoms with E-state index in [0.717, 1.165) is 12.5 Å². The minimum absolute atomic E-state index is 0.0918. The van der Waals surface area contributed by atoms with Crippen LogP contribution in [0.25, 0.3) is 0 Å². The molecule has 0 spiro atoms. The monoisotopic (exact) mass is 310 g/mol. The third kappa shape index (κ3) is 5.19. The molecular formula is C13H18ClF3N2O. The molecule has 0 fully saturated rings. The van der Waals surface area contributed by atoms with Crippen LogP contribution >= 0.6 is 11.6 Å². The molecule has 1 rings (SSSR count). The lowest BCUT2D eigenvalue weighted by Crippen LogP contribution is -2.26. The predicted octanol–water partition coefficient (Wildman–Crippen LogP) is 3.52. The van der Waals surface area contributed by atoms with Crippen molar-refractivity contribution in [3.63, 3.8) is 0 Å². The zero-order chi connectivity index (χ0) is 15.2. The average molecular weight is 311 g/mol. The van der Waals surface area contributed by atoms with Crippen molar-refractivity contribution < 1.29 is 17.9 Å². The van der Waals surface area contributed by atoms with Crippen molar-refractivity contribution in [2.45, 2.75) is 25.1 Å². The first-order chi connectivity index (χ1) is 9.38. The molecule has 1 aromatic rings. The van der Waals surface area contributed by atoms with E-state index in [0.29, 0.717) is 25.3 Å². The molecule has 7 heteroatoms. The molecule has 0 bridgehead atoms. The molecule has 0 aliphatic heterocycles. The third-order valence-electron chi connectivity index (χ3n) is 2.77. The first-order valence-corrected chi connectivity index (χ1v) is 6.58. The highest BCUT2D eigenvalue weighted by atomic mass is 35.5. The minimum Gasteiger partial charge on any atom is -0.383 e. The molecule has 3 nitrogen and oxygen atoms in total. The molecular weight excluding hydrogens is 293 g/mol. The topological polar surface area (TPSA) is 47.3 Å². The van der Waals surface area contributed by atoms with E-state index in [1.54, 1.807) is 7.11 Å². The molecule has 0 heterocycles. The van der Waals surface area contributed by atoms with Crippen molar-refractivity contribution in [1.82, 2.24) is 0 Å². The summed E-state index contributed by atoms with van der Waals surface area (Å²) in [7, 11) is 1.54. The van der Waals surface area contributed by atoms with Gasteiger partial charge in [-0.1, -0.05) is 11.6 Å². The van der Waals surface area contributed by atoms with Crippen LogP contribution in [-0.4, -0.2) is 26.3 Å². The summed E-state index contributed by atoms with van der Waals surface area (Å²) in [5.41, 5.74) is 4.95. The second kappa shape index (κ2) is 7.71. The maximum absolute atomic E-state index is 12.8. The number of alkyl halides is 3. The Bertz CT molecular complexity index is 427. The van der Waals surface area contributed by atoms with E-state index in [2.05, 4.69) is 5.32 Å². The SMILES string of the molecule is COCC(CCCN)Nc1ccc(Cl)c(C(F)(F)F)c1. The fourth-order valence-corrected chi connectivity index (χ4v) is 2.06. The summed E-state index contributed by atoms with van der Waals surface area (Å²) in [6.45, 7) is 0.917. The number of hydrogen-bond donors (Lipinski definition) is 2. The fourth-order valence-electron chi connectivity index (χ4n) is 1.83. The van der Waals surface area contributed by atoms with E-state index in [4.69, 9.17) is 22.1 Å². The van der Waals surface area contributed by atoms with Crippen LogP contribution in [0.4, 0.5) is 18.9 Å². The number of anilines is 1. The number of rotatable bonds is 7. The maximum atomic E-state index is 12.8. The summed E-state index contributed by atoms with van der Waals surface area (Å²) in [6.07, 6.45) is -2.99. The van der Waals surface area contributed by atoms with Gasteiger partial charge in [0.2, 0.25) is 0 Å². The second-order valence-electron chi connectivity index (χ2n) is 4.42. The highest BCUT2D eigenvalue weighted by Crippen LogP contribution is 2.36. The van der Waals surface area contributed by atoms with Gasteiger partial charge < -0.3 is 15.8 Å². The number of benzene rings is 1. The van der Waals surface area contributed by atoms with Gasteiger partial charge in [0.25, 0.3) is 0 Å². The number of methoxy groups -OCH3 is 1. The predicted molar refractivity (Wildman–Crippen MR) is 74.0 cm³/mol. The molecule has 0 aliphatic carbocycles. The zero-order valence-electron chi connectivity index (χ0n) is 11.1. The van der Waals surface area contributed by atoms with Gasteiger partial charge in [-0.2, -0.15) is 13.2 Å². The lowest BCUT2D eigenvalue weighted by Gasteiger charge is -2.20. The van der Waals surface area contributed by atoms with Gasteiger partial charge in [0.1, 0.15) is 0 Å². The highest BCUT2D eigenvalue weighted by Gasteiger charge is 2.33. The number of nitrogens with one attached hydrogen (secondary N) is 1. The largest absolute Gasteiger partial charge is 0.417 e. The molecule has 0 saturated carbocycles. The Morgan fingerprint density at radius 2 is 2.10 bits per heavy atom. The van der Waals surface area contributed by atoms with Crippen LogP contribution in [0.1, 0.15) is 18.4 Å². The van der Waals surface area contributed by atoms with Crippen LogP contribution in [0.15, 0.2) is 18.2 Å². The van der Waals surface area contributed by atoms with E-state index in [1.165, 1.54) is 12.1 Å². The van der Waals surface area contributed by atoms with Crippen molar-refractivity contribution in [2.24, 2.45) is 5.73 Å². The van der Waals surface area contributed by atoms with E-state index >= 15 is 0 Å². The van der Waals surface area contributed by atoms with Gasteiger partial charge in [0, 0.05) is 18.8 Å². The Morgan fingerprint density at radius 3 is 2.65 bits per heavy atom. The molecule has 0 radical (unpaired) electrons. The van der Waals surface area contributed by atoms with Crippen molar-refractivity contribution in [3.8, 4) is 0 Å². The Morgan fingerprint density at radius 1 is 1.40 bits per heavy atom. The first-order valence-electron chi connectivity index (χ1n) is 6.20. The summed E-state index contributed by atoms with van der Waals surface area (Å²) in [5.74, 6) is 0. The van der Waals surface area contributed by atoms with Gasteiger partial charge in [0.15, 0.2) is 0 Å². The molecule has 1 unspecified atom stereocenters. The van der Waals surface area contributed by atoms with E-state index in [-0.39, 0.29) is 11.1 Å². The second-order valence-corrected chi connectivity index (χ2v) is 4.83. The molecule has 20 heavy (non-hydrogen) atoms. The zero-order valence-corrected chi connectivity index (χ0v) is 11.9. The van der Waals surface area contributed by atoms with E-state index in [9.17, 15) is 13.2 Å². The lowest BCUT2D eigenvalue weighted by atomic mass is 10.1. The quantitative estimate of drug-likeness (QED) is 0.810. The maximum Gasteiger partial charge on any atom is 0.417 e. The Labute approximate surface area is 121 Å². The standard InChI is InChI=1S/C13H18ClF3N2O/c1-20-8-10(3-2-6-18)19-9-4-5-12(14)11(7-9)13(15,16)17/h4-5,7,10,19H,2-3,6,8,18H2,1H3.